The molecule has 152 valence electrons. The second-order valence-corrected chi connectivity index (χ2v) is 8.06. The molecule has 1 amide bonds. The van der Waals surface area contributed by atoms with Crippen LogP contribution in [-0.4, -0.2) is 41.4 Å². The molecule has 2 aromatic heterocycles. The van der Waals surface area contributed by atoms with Crippen LogP contribution < -0.4 is 10.6 Å². The molecule has 8 heteroatoms. The molecule has 5 rings (SSSR count). The molecule has 1 saturated carbocycles. The zero-order valence-corrected chi connectivity index (χ0v) is 16.7. The van der Waals surface area contributed by atoms with Crippen molar-refractivity contribution in [3.8, 4) is 11.5 Å². The van der Waals surface area contributed by atoms with Crippen molar-refractivity contribution < 1.29 is 13.9 Å². The lowest BCUT2D eigenvalue weighted by molar-refractivity contribution is 0.00820. The number of carbonyl (C=O) groups is 1. The van der Waals surface area contributed by atoms with E-state index in [-0.39, 0.29) is 17.8 Å². The van der Waals surface area contributed by atoms with Crippen LogP contribution in [0.15, 0.2) is 35.1 Å². The average Bonchev–Trinajstić information content (AvgIpc) is 3.47. The fourth-order valence-corrected chi connectivity index (χ4v) is 4.43. The van der Waals surface area contributed by atoms with Gasteiger partial charge in [-0.25, -0.2) is 4.98 Å². The molecule has 1 saturated heterocycles. The predicted octanol–water partition coefficient (Wildman–Crippen LogP) is 3.74. The molecule has 2 N–H and O–H groups in total. The SMILES string of the molecule is O=C(NC1CNCCO1)c1coc(-c2cn(C3CCCC3)c3ccc(Cl)cc23)n1. The summed E-state index contributed by atoms with van der Waals surface area (Å²) in [5.74, 6) is 0.105. The molecule has 2 aliphatic rings. The summed E-state index contributed by atoms with van der Waals surface area (Å²) >= 11 is 6.27. The lowest BCUT2D eigenvalue weighted by atomic mass is 10.2. The maximum Gasteiger partial charge on any atom is 0.275 e. The molecular formula is C21H23ClN4O3. The summed E-state index contributed by atoms with van der Waals surface area (Å²) in [6.07, 6.45) is 7.94. The fourth-order valence-electron chi connectivity index (χ4n) is 4.26. The van der Waals surface area contributed by atoms with E-state index < -0.39 is 0 Å². The number of benzene rings is 1. The third-order valence-corrected chi connectivity index (χ3v) is 5.94. The van der Waals surface area contributed by atoms with Crippen LogP contribution in [0.2, 0.25) is 5.02 Å². The molecule has 1 aliphatic carbocycles. The van der Waals surface area contributed by atoms with Gasteiger partial charge in [0.25, 0.3) is 5.91 Å². The molecule has 7 nitrogen and oxygen atoms in total. The number of morpholine rings is 1. The molecular weight excluding hydrogens is 392 g/mol. The molecule has 1 unspecified atom stereocenters. The van der Waals surface area contributed by atoms with Gasteiger partial charge in [-0.1, -0.05) is 24.4 Å². The van der Waals surface area contributed by atoms with E-state index in [1.807, 2.05) is 18.2 Å². The van der Waals surface area contributed by atoms with Gasteiger partial charge in [0, 0.05) is 41.3 Å². The lowest BCUT2D eigenvalue weighted by Gasteiger charge is -2.23. The van der Waals surface area contributed by atoms with Crippen LogP contribution in [0.3, 0.4) is 0 Å². The van der Waals surface area contributed by atoms with Crippen molar-refractivity contribution in [3.63, 3.8) is 0 Å². The number of oxazole rings is 1. The van der Waals surface area contributed by atoms with Gasteiger partial charge >= 0.3 is 0 Å². The summed E-state index contributed by atoms with van der Waals surface area (Å²) in [6, 6.07) is 6.36. The number of carbonyl (C=O) groups excluding carboxylic acids is 1. The van der Waals surface area contributed by atoms with Gasteiger partial charge in [-0.2, -0.15) is 0 Å². The first-order chi connectivity index (χ1) is 14.2. The summed E-state index contributed by atoms with van der Waals surface area (Å²) in [5.41, 5.74) is 2.20. The number of nitrogens with one attached hydrogen (secondary N) is 2. The Kier molecular flexibility index (Phi) is 5.03. The number of fused-ring (bicyclic) bond motifs is 1. The molecule has 0 radical (unpaired) electrons. The topological polar surface area (TPSA) is 81.3 Å². The highest BCUT2D eigenvalue weighted by Gasteiger charge is 2.24. The number of ether oxygens (including phenoxy) is 1. The number of hydrogen-bond acceptors (Lipinski definition) is 5. The maximum absolute atomic E-state index is 12.5. The van der Waals surface area contributed by atoms with E-state index in [1.165, 1.54) is 31.9 Å². The molecule has 1 atom stereocenters. The second-order valence-electron chi connectivity index (χ2n) is 7.62. The first-order valence-electron chi connectivity index (χ1n) is 10.1. The van der Waals surface area contributed by atoms with Crippen LogP contribution in [0, 0.1) is 0 Å². The number of halogens is 1. The van der Waals surface area contributed by atoms with Crippen molar-refractivity contribution >= 4 is 28.4 Å². The minimum Gasteiger partial charge on any atom is -0.444 e. The summed E-state index contributed by atoms with van der Waals surface area (Å²) in [4.78, 5) is 17.0. The first-order valence-corrected chi connectivity index (χ1v) is 10.5. The summed E-state index contributed by atoms with van der Waals surface area (Å²) in [7, 11) is 0. The Labute approximate surface area is 173 Å². The Hall–Kier alpha value is -2.35. The third kappa shape index (κ3) is 3.66. The average molecular weight is 415 g/mol. The van der Waals surface area contributed by atoms with Crippen LogP contribution in [0.5, 0.6) is 0 Å². The Morgan fingerprint density at radius 3 is 2.97 bits per heavy atom. The molecule has 3 aromatic rings. The monoisotopic (exact) mass is 414 g/mol. The van der Waals surface area contributed by atoms with Crippen LogP contribution in [0.4, 0.5) is 0 Å². The maximum atomic E-state index is 12.5. The molecule has 1 aliphatic heterocycles. The van der Waals surface area contributed by atoms with Gasteiger partial charge in [0.15, 0.2) is 5.69 Å². The number of aromatic nitrogens is 2. The van der Waals surface area contributed by atoms with Gasteiger partial charge in [-0.15, -0.1) is 0 Å². The van der Waals surface area contributed by atoms with E-state index in [2.05, 4.69) is 26.4 Å². The fraction of sp³-hybridized carbons (Fsp3) is 0.429. The van der Waals surface area contributed by atoms with Crippen molar-refractivity contribution in [1.29, 1.82) is 0 Å². The van der Waals surface area contributed by atoms with E-state index in [4.69, 9.17) is 20.8 Å². The highest BCUT2D eigenvalue weighted by Crippen LogP contribution is 2.38. The summed E-state index contributed by atoms with van der Waals surface area (Å²) in [6.45, 7) is 1.92. The molecule has 0 bridgehead atoms. The number of amides is 1. The molecule has 1 aromatic carbocycles. The third-order valence-electron chi connectivity index (χ3n) is 5.70. The van der Waals surface area contributed by atoms with Crippen molar-refractivity contribution in [3.05, 3.63) is 41.4 Å². The van der Waals surface area contributed by atoms with Crippen molar-refractivity contribution in [2.75, 3.05) is 19.7 Å². The Morgan fingerprint density at radius 2 is 2.17 bits per heavy atom. The van der Waals surface area contributed by atoms with Gasteiger partial charge in [0.2, 0.25) is 5.89 Å². The first kappa shape index (κ1) is 18.7. The predicted molar refractivity (Wildman–Crippen MR) is 110 cm³/mol. The zero-order chi connectivity index (χ0) is 19.8. The van der Waals surface area contributed by atoms with E-state index >= 15 is 0 Å². The van der Waals surface area contributed by atoms with Gasteiger partial charge < -0.3 is 24.4 Å². The van der Waals surface area contributed by atoms with Crippen LogP contribution in [0.1, 0.15) is 42.2 Å². The highest BCUT2D eigenvalue weighted by atomic mass is 35.5. The zero-order valence-electron chi connectivity index (χ0n) is 16.0. The van der Waals surface area contributed by atoms with Gasteiger partial charge in [-0.05, 0) is 31.0 Å². The van der Waals surface area contributed by atoms with Gasteiger partial charge in [0.05, 0.1) is 12.2 Å². The summed E-state index contributed by atoms with van der Waals surface area (Å²) in [5, 5.41) is 7.65. The van der Waals surface area contributed by atoms with Crippen LogP contribution >= 0.6 is 11.6 Å². The van der Waals surface area contributed by atoms with E-state index in [1.54, 1.807) is 0 Å². The highest BCUT2D eigenvalue weighted by molar-refractivity contribution is 6.31. The second kappa shape index (κ2) is 7.82. The molecule has 0 spiro atoms. The van der Waals surface area contributed by atoms with Crippen LogP contribution in [-0.2, 0) is 4.74 Å². The Balaban J connectivity index is 1.46. The smallest absolute Gasteiger partial charge is 0.275 e. The van der Waals surface area contributed by atoms with Crippen molar-refractivity contribution in [1.82, 2.24) is 20.2 Å². The molecule has 2 fully saturated rings. The van der Waals surface area contributed by atoms with Crippen LogP contribution in [0.25, 0.3) is 22.4 Å². The molecule has 29 heavy (non-hydrogen) atoms. The van der Waals surface area contributed by atoms with E-state index in [0.717, 1.165) is 23.0 Å². The van der Waals surface area contributed by atoms with Crippen molar-refractivity contribution in [2.45, 2.75) is 38.0 Å². The Morgan fingerprint density at radius 1 is 1.31 bits per heavy atom. The standard InChI is InChI=1S/C21H23ClN4O3/c22-13-5-6-18-15(9-13)16(11-26(18)14-3-1-2-4-14)21-24-17(12-29-21)20(27)25-19-10-23-7-8-28-19/h5-6,9,11-12,14,19,23H,1-4,7-8,10H2,(H,25,27). The van der Waals surface area contributed by atoms with Crippen molar-refractivity contribution in [2.24, 2.45) is 0 Å². The van der Waals surface area contributed by atoms with Gasteiger partial charge in [-0.3, -0.25) is 4.79 Å². The minimum absolute atomic E-state index is 0.234. The number of nitrogens with zero attached hydrogens (tertiary/aromatic N) is 2. The largest absolute Gasteiger partial charge is 0.444 e. The van der Waals surface area contributed by atoms with E-state index in [9.17, 15) is 4.79 Å². The van der Waals surface area contributed by atoms with E-state index in [0.29, 0.717) is 30.1 Å². The Bertz CT molecular complexity index is 1030. The lowest BCUT2D eigenvalue weighted by Crippen LogP contribution is -2.49. The minimum atomic E-state index is -0.362. The number of hydrogen-bond donors (Lipinski definition) is 2. The number of rotatable bonds is 4. The quantitative estimate of drug-likeness (QED) is 0.679. The van der Waals surface area contributed by atoms with Gasteiger partial charge in [0.1, 0.15) is 12.5 Å². The normalized spacial score (nSPS) is 20.4. The summed E-state index contributed by atoms with van der Waals surface area (Å²) < 4.78 is 13.5. The molecule has 3 heterocycles.